The minimum atomic E-state index is 0.0953. The zero-order valence-electron chi connectivity index (χ0n) is 17.8. The first kappa shape index (κ1) is 21.9. The Labute approximate surface area is 192 Å². The van der Waals surface area contributed by atoms with E-state index in [1.165, 1.54) is 0 Å². The Morgan fingerprint density at radius 2 is 2.00 bits per heavy atom. The van der Waals surface area contributed by atoms with E-state index in [0.717, 1.165) is 31.5 Å². The number of carbonyl (C=O) groups excluding carboxylic acids is 1. The smallest absolute Gasteiger partial charge is 0.163 e. The molecule has 1 saturated heterocycles. The maximum absolute atomic E-state index is 12.8. The van der Waals surface area contributed by atoms with Gasteiger partial charge in [-0.1, -0.05) is 23.7 Å². The molecule has 1 aliphatic heterocycles. The van der Waals surface area contributed by atoms with Crippen LogP contribution < -0.4 is 4.74 Å². The van der Waals surface area contributed by atoms with Gasteiger partial charge in [0.2, 0.25) is 0 Å². The Bertz CT molecular complexity index is 1150. The molecule has 3 aromatic rings. The third kappa shape index (κ3) is 4.96. The first-order chi connectivity index (χ1) is 15.5. The molecule has 4 rings (SSSR count). The highest BCUT2D eigenvalue weighted by atomic mass is 35.5. The summed E-state index contributed by atoms with van der Waals surface area (Å²) in [6.45, 7) is 2.06. The van der Waals surface area contributed by atoms with Crippen LogP contribution in [0.2, 0.25) is 5.02 Å². The van der Waals surface area contributed by atoms with Crippen molar-refractivity contribution in [1.82, 2.24) is 15.1 Å². The highest BCUT2D eigenvalue weighted by Gasteiger charge is 2.21. The summed E-state index contributed by atoms with van der Waals surface area (Å²) in [5.74, 6) is 1.29. The summed E-state index contributed by atoms with van der Waals surface area (Å²) in [4.78, 5) is 15.0. The molecular formula is C25H23ClN4O2. The third-order valence-electron chi connectivity index (χ3n) is 5.82. The average Bonchev–Trinajstić information content (AvgIpc) is 2.82. The molecule has 6 nitrogen and oxygen atoms in total. The molecule has 0 saturated carbocycles. The molecule has 0 amide bonds. The van der Waals surface area contributed by atoms with E-state index in [4.69, 9.17) is 16.3 Å². The second-order valence-electron chi connectivity index (χ2n) is 8.04. The van der Waals surface area contributed by atoms with Gasteiger partial charge in [-0.05, 0) is 69.2 Å². The van der Waals surface area contributed by atoms with E-state index < -0.39 is 0 Å². The number of nitrogens with zero attached hydrogens (tertiary/aromatic N) is 4. The molecule has 32 heavy (non-hydrogen) atoms. The van der Waals surface area contributed by atoms with Crippen molar-refractivity contribution in [2.75, 3.05) is 20.1 Å². The number of carbonyl (C=O) groups is 1. The second kappa shape index (κ2) is 9.90. The van der Waals surface area contributed by atoms with Gasteiger partial charge in [-0.3, -0.25) is 4.79 Å². The first-order valence-corrected chi connectivity index (χ1v) is 10.9. The minimum absolute atomic E-state index is 0.0953. The molecule has 0 bridgehead atoms. The van der Waals surface area contributed by atoms with Crippen LogP contribution in [0.1, 0.15) is 35.2 Å². The van der Waals surface area contributed by atoms with Gasteiger partial charge in [-0.2, -0.15) is 15.5 Å². The molecule has 0 atom stereocenters. The van der Waals surface area contributed by atoms with E-state index >= 15 is 0 Å². The number of piperidine rings is 1. The summed E-state index contributed by atoms with van der Waals surface area (Å²) in [6, 6.07) is 14.4. The fraction of sp³-hybridized carbons (Fsp3) is 0.280. The molecule has 0 radical (unpaired) electrons. The van der Waals surface area contributed by atoms with Gasteiger partial charge in [0.1, 0.15) is 23.1 Å². The number of Topliss-reactive ketones (excluding diaryl/α,β-unsaturated/α-hetero) is 1. The molecule has 1 fully saturated rings. The molecule has 2 aromatic carbocycles. The summed E-state index contributed by atoms with van der Waals surface area (Å²) >= 11 is 6.45. The van der Waals surface area contributed by atoms with Crippen LogP contribution in [0, 0.1) is 17.2 Å². The van der Waals surface area contributed by atoms with Gasteiger partial charge < -0.3 is 9.64 Å². The number of hydrogen-bond acceptors (Lipinski definition) is 6. The van der Waals surface area contributed by atoms with Crippen LogP contribution in [0.5, 0.6) is 11.5 Å². The van der Waals surface area contributed by atoms with Crippen molar-refractivity contribution in [3.05, 3.63) is 71.0 Å². The van der Waals surface area contributed by atoms with Crippen molar-refractivity contribution in [3.63, 3.8) is 0 Å². The van der Waals surface area contributed by atoms with E-state index in [-0.39, 0.29) is 5.78 Å². The van der Waals surface area contributed by atoms with Gasteiger partial charge in [0.25, 0.3) is 0 Å². The van der Waals surface area contributed by atoms with Crippen LogP contribution in [-0.2, 0) is 0 Å². The van der Waals surface area contributed by atoms with Gasteiger partial charge in [0.15, 0.2) is 5.78 Å². The van der Waals surface area contributed by atoms with Gasteiger partial charge in [-0.25, -0.2) is 0 Å². The number of ether oxygens (including phenoxy) is 1. The topological polar surface area (TPSA) is 79.1 Å². The van der Waals surface area contributed by atoms with Gasteiger partial charge in [0.05, 0.1) is 17.4 Å². The van der Waals surface area contributed by atoms with Crippen LogP contribution in [-0.4, -0.2) is 41.0 Å². The zero-order valence-corrected chi connectivity index (χ0v) is 18.5. The number of hydrogen-bond donors (Lipinski definition) is 0. The van der Waals surface area contributed by atoms with Gasteiger partial charge in [0, 0.05) is 23.1 Å². The normalized spacial score (nSPS) is 14.7. The molecule has 0 aliphatic carbocycles. The number of likely N-dealkylation sites (tertiary alicyclic amines) is 1. The predicted molar refractivity (Wildman–Crippen MR) is 123 cm³/mol. The van der Waals surface area contributed by atoms with Crippen LogP contribution in [0.25, 0.3) is 11.1 Å². The zero-order chi connectivity index (χ0) is 22.5. The summed E-state index contributed by atoms with van der Waals surface area (Å²) in [5.41, 5.74) is 2.42. The molecule has 2 heterocycles. The molecule has 0 spiro atoms. The molecule has 7 heteroatoms. The first-order valence-electron chi connectivity index (χ1n) is 10.5. The van der Waals surface area contributed by atoms with E-state index in [1.54, 1.807) is 48.8 Å². The summed E-state index contributed by atoms with van der Waals surface area (Å²) in [5, 5.41) is 17.7. The second-order valence-corrected chi connectivity index (χ2v) is 8.45. The van der Waals surface area contributed by atoms with Crippen LogP contribution in [0.15, 0.2) is 54.9 Å². The minimum Gasteiger partial charge on any atom is -0.454 e. The lowest BCUT2D eigenvalue weighted by Crippen LogP contribution is -2.31. The summed E-state index contributed by atoms with van der Waals surface area (Å²) < 4.78 is 5.98. The van der Waals surface area contributed by atoms with Crippen molar-refractivity contribution < 1.29 is 9.53 Å². The lowest BCUT2D eigenvalue weighted by molar-refractivity contribution is 0.0936. The highest BCUT2D eigenvalue weighted by Crippen LogP contribution is 2.36. The fourth-order valence-corrected chi connectivity index (χ4v) is 4.16. The number of aromatic nitrogens is 2. The summed E-state index contributed by atoms with van der Waals surface area (Å²) in [7, 11) is 2.11. The number of ketones is 1. The lowest BCUT2D eigenvalue weighted by atomic mass is 9.90. The fourth-order valence-electron chi connectivity index (χ4n) is 3.94. The lowest BCUT2D eigenvalue weighted by Gasteiger charge is -2.28. The Balaban J connectivity index is 1.52. The molecular weight excluding hydrogens is 424 g/mol. The number of benzene rings is 2. The number of nitriles is 1. The molecule has 162 valence electrons. The van der Waals surface area contributed by atoms with E-state index in [0.29, 0.717) is 45.6 Å². The molecule has 1 aromatic heterocycles. The SMILES string of the molecule is CN1CCC(CC(=O)c2ccc(Oc3cccc(-c4ccnnc4)c3C#N)c(Cl)c2)CC1. The Morgan fingerprint density at radius 1 is 1.19 bits per heavy atom. The van der Waals surface area contributed by atoms with Crippen LogP contribution in [0.4, 0.5) is 0 Å². The van der Waals surface area contributed by atoms with Crippen molar-refractivity contribution in [3.8, 4) is 28.7 Å². The highest BCUT2D eigenvalue weighted by molar-refractivity contribution is 6.32. The number of rotatable bonds is 6. The van der Waals surface area contributed by atoms with Crippen molar-refractivity contribution in [2.24, 2.45) is 5.92 Å². The van der Waals surface area contributed by atoms with Crippen LogP contribution >= 0.6 is 11.6 Å². The van der Waals surface area contributed by atoms with E-state index in [2.05, 4.69) is 28.2 Å². The quantitative estimate of drug-likeness (QED) is 0.473. The number of halogens is 1. The average molecular weight is 447 g/mol. The molecule has 0 unspecified atom stereocenters. The van der Waals surface area contributed by atoms with Gasteiger partial charge in [-0.15, -0.1) is 0 Å². The Kier molecular flexibility index (Phi) is 6.79. The largest absolute Gasteiger partial charge is 0.454 e. The maximum Gasteiger partial charge on any atom is 0.163 e. The van der Waals surface area contributed by atoms with Crippen molar-refractivity contribution in [1.29, 1.82) is 5.26 Å². The monoisotopic (exact) mass is 446 g/mol. The molecule has 0 N–H and O–H groups in total. The van der Waals surface area contributed by atoms with Crippen LogP contribution in [0.3, 0.4) is 0 Å². The van der Waals surface area contributed by atoms with Gasteiger partial charge >= 0.3 is 0 Å². The van der Waals surface area contributed by atoms with Crippen molar-refractivity contribution >= 4 is 17.4 Å². The van der Waals surface area contributed by atoms with Crippen molar-refractivity contribution in [2.45, 2.75) is 19.3 Å². The molecule has 1 aliphatic rings. The summed E-state index contributed by atoms with van der Waals surface area (Å²) in [6.07, 6.45) is 5.78. The Morgan fingerprint density at radius 3 is 2.69 bits per heavy atom. The standard InChI is InChI=1S/C25H23ClN4O2/c1-30-11-8-17(9-12-30)13-23(31)18-5-6-25(22(26)14-18)32-24-4-2-3-20(21(24)15-27)19-7-10-28-29-16-19/h2-7,10,14,16-17H,8-9,11-13H2,1H3. The third-order valence-corrected chi connectivity index (χ3v) is 6.11. The predicted octanol–water partition coefficient (Wildman–Crippen LogP) is 5.38. The van der Waals surface area contributed by atoms with E-state index in [9.17, 15) is 10.1 Å². The Hall–Kier alpha value is -3.27. The maximum atomic E-state index is 12.8. The van der Waals surface area contributed by atoms with E-state index in [1.807, 2.05) is 6.07 Å².